The molecule has 1 heterocycles. The van der Waals surface area contributed by atoms with E-state index in [0.717, 1.165) is 5.56 Å². The van der Waals surface area contributed by atoms with Crippen LogP contribution in [0.4, 0.5) is 0 Å². The number of benzene rings is 3. The zero-order valence-electron chi connectivity index (χ0n) is 18.2. The topological polar surface area (TPSA) is 76.4 Å². The second-order valence-corrected chi connectivity index (χ2v) is 7.31. The summed E-state index contributed by atoms with van der Waals surface area (Å²) in [4.78, 5) is 13.1. The number of fused-ring (bicyclic) bond motifs is 1. The number of hydrogen-bond donors (Lipinski definition) is 0. The van der Waals surface area contributed by atoms with Gasteiger partial charge in [-0.3, -0.25) is 4.79 Å². The first-order valence-corrected chi connectivity index (χ1v) is 10.6. The molecule has 0 fully saturated rings. The van der Waals surface area contributed by atoms with Crippen molar-refractivity contribution >= 4 is 27.2 Å². The van der Waals surface area contributed by atoms with E-state index in [1.54, 1.807) is 37.4 Å². The van der Waals surface area contributed by atoms with E-state index in [1.807, 2.05) is 30.3 Å². The Morgan fingerprint density at radius 1 is 0.818 bits per heavy atom. The number of methoxy groups -OCH3 is 3. The lowest BCUT2D eigenvalue weighted by atomic mass is 10.1. The van der Waals surface area contributed by atoms with Crippen molar-refractivity contribution in [2.24, 2.45) is 0 Å². The fraction of sp³-hybridized carbons (Fsp3) is 0.160. The molecule has 0 aliphatic rings. The van der Waals surface area contributed by atoms with Gasteiger partial charge in [0.1, 0.15) is 6.61 Å². The molecular formula is C25H21BrO7. The molecule has 4 aromatic rings. The van der Waals surface area contributed by atoms with Crippen molar-refractivity contribution in [3.05, 3.63) is 76.5 Å². The van der Waals surface area contributed by atoms with Crippen molar-refractivity contribution < 1.29 is 27.2 Å². The van der Waals surface area contributed by atoms with Gasteiger partial charge in [-0.05, 0) is 35.9 Å². The minimum absolute atomic E-state index is 0.00488. The maximum Gasteiger partial charge on any atom is 0.236 e. The second kappa shape index (κ2) is 9.87. The van der Waals surface area contributed by atoms with Crippen molar-refractivity contribution in [2.75, 3.05) is 21.3 Å². The molecule has 0 atom stereocenters. The lowest BCUT2D eigenvalue weighted by molar-refractivity contribution is 0.284. The van der Waals surface area contributed by atoms with Crippen LogP contribution in [0.15, 0.2) is 69.9 Å². The fourth-order valence-electron chi connectivity index (χ4n) is 3.48. The molecule has 8 heteroatoms. The second-order valence-electron chi connectivity index (χ2n) is 6.98. The predicted molar refractivity (Wildman–Crippen MR) is 128 cm³/mol. The van der Waals surface area contributed by atoms with Gasteiger partial charge < -0.3 is 27.2 Å². The molecule has 0 saturated heterocycles. The highest BCUT2D eigenvalue weighted by Gasteiger charge is 2.23. The number of rotatable bonds is 8. The van der Waals surface area contributed by atoms with Crippen LogP contribution < -0.4 is 28.2 Å². The summed E-state index contributed by atoms with van der Waals surface area (Å²) in [5.41, 5.74) is 1.46. The Morgan fingerprint density at radius 2 is 1.55 bits per heavy atom. The van der Waals surface area contributed by atoms with E-state index in [2.05, 4.69) is 16.3 Å². The van der Waals surface area contributed by atoms with E-state index in [9.17, 15) is 4.79 Å². The van der Waals surface area contributed by atoms with E-state index in [0.29, 0.717) is 40.6 Å². The minimum Gasteiger partial charge on any atom is -0.493 e. The Kier molecular flexibility index (Phi) is 6.74. The van der Waals surface area contributed by atoms with Gasteiger partial charge in [-0.25, -0.2) is 0 Å². The van der Waals surface area contributed by atoms with Gasteiger partial charge in [0.15, 0.2) is 44.9 Å². The van der Waals surface area contributed by atoms with Gasteiger partial charge in [-0.2, -0.15) is 0 Å². The van der Waals surface area contributed by atoms with E-state index in [1.165, 1.54) is 14.2 Å². The zero-order chi connectivity index (χ0) is 23.4. The fourth-order valence-corrected chi connectivity index (χ4v) is 3.77. The maximum absolute atomic E-state index is 13.1. The van der Waals surface area contributed by atoms with E-state index < -0.39 is 0 Å². The van der Waals surface area contributed by atoms with Crippen LogP contribution in [0.5, 0.6) is 28.7 Å². The van der Waals surface area contributed by atoms with Crippen molar-refractivity contribution in [3.63, 3.8) is 0 Å². The van der Waals surface area contributed by atoms with Crippen molar-refractivity contribution in [3.8, 4) is 40.1 Å². The van der Waals surface area contributed by atoms with Gasteiger partial charge in [0.05, 0.1) is 26.7 Å². The smallest absolute Gasteiger partial charge is 0.236 e. The molecule has 0 aliphatic carbocycles. The molecule has 0 radical (unpaired) electrons. The predicted octanol–water partition coefficient (Wildman–Crippen LogP) is 5.75. The third kappa shape index (κ3) is 4.34. The monoisotopic (exact) mass is 512 g/mol. The largest absolute Gasteiger partial charge is 0.493 e. The van der Waals surface area contributed by atoms with Crippen LogP contribution in [0.1, 0.15) is 5.56 Å². The van der Waals surface area contributed by atoms with Crippen molar-refractivity contribution in [1.29, 1.82) is 0 Å². The molecule has 4 rings (SSSR count). The summed E-state index contributed by atoms with van der Waals surface area (Å²) in [7, 11) is 4.53. The summed E-state index contributed by atoms with van der Waals surface area (Å²) in [5.74, 6) is 1.97. The Morgan fingerprint density at radius 3 is 2.21 bits per heavy atom. The molecule has 0 unspecified atom stereocenters. The normalized spacial score (nSPS) is 10.7. The average molecular weight is 513 g/mol. The third-order valence-electron chi connectivity index (χ3n) is 5.10. The highest BCUT2D eigenvalue weighted by Crippen LogP contribution is 2.41. The molecule has 33 heavy (non-hydrogen) atoms. The van der Waals surface area contributed by atoms with Crippen LogP contribution in [0.2, 0.25) is 0 Å². The summed E-state index contributed by atoms with van der Waals surface area (Å²) in [5, 5.41) is 0.292. The van der Waals surface area contributed by atoms with E-state index in [-0.39, 0.29) is 22.5 Å². The summed E-state index contributed by atoms with van der Waals surface area (Å²) >= 11 is 2.93. The third-order valence-corrected chi connectivity index (χ3v) is 5.43. The first-order chi connectivity index (χ1) is 16.1. The lowest BCUT2D eigenvalue weighted by Gasteiger charge is -2.14. The number of hydrogen-bond acceptors (Lipinski definition) is 7. The molecule has 0 aliphatic heterocycles. The minimum atomic E-state index is -0.368. The Hall–Kier alpha value is -3.65. The van der Waals surface area contributed by atoms with Gasteiger partial charge in [-0.1, -0.05) is 30.3 Å². The van der Waals surface area contributed by atoms with Crippen LogP contribution in [-0.2, 0) is 6.61 Å². The van der Waals surface area contributed by atoms with Crippen molar-refractivity contribution in [1.82, 2.24) is 0 Å². The molecule has 7 nitrogen and oxygen atoms in total. The molecule has 1 aromatic heterocycles. The summed E-state index contributed by atoms with van der Waals surface area (Å²) in [6.45, 7) is 0.383. The molecule has 0 saturated carbocycles. The highest BCUT2D eigenvalue weighted by atomic mass is 79.9. The highest BCUT2D eigenvalue weighted by molar-refractivity contribution is 9.06. The molecule has 0 spiro atoms. The average Bonchev–Trinajstić information content (AvgIpc) is 2.87. The van der Waals surface area contributed by atoms with Gasteiger partial charge in [-0.15, -0.1) is 0 Å². The molecule has 0 N–H and O–H groups in total. The van der Waals surface area contributed by atoms with Gasteiger partial charge in [0, 0.05) is 5.56 Å². The Labute approximate surface area is 198 Å². The SMILES string of the molecule is COc1cc(-c2oc3c(OC)c(OC)ccc3c(=O)c2OBr)ccc1OCc1ccccc1. The molecule has 0 bridgehead atoms. The van der Waals surface area contributed by atoms with E-state index in [4.69, 9.17) is 27.2 Å². The van der Waals surface area contributed by atoms with Crippen molar-refractivity contribution in [2.45, 2.75) is 6.61 Å². The Bertz CT molecular complexity index is 1330. The van der Waals surface area contributed by atoms with Gasteiger partial charge >= 0.3 is 0 Å². The van der Waals surface area contributed by atoms with Gasteiger partial charge in [0.25, 0.3) is 0 Å². The molecule has 0 amide bonds. The first kappa shape index (κ1) is 22.5. The van der Waals surface area contributed by atoms with E-state index >= 15 is 0 Å². The zero-order valence-corrected chi connectivity index (χ0v) is 19.8. The summed E-state index contributed by atoms with van der Waals surface area (Å²) in [6, 6.07) is 18.3. The van der Waals surface area contributed by atoms with Crippen LogP contribution in [0.3, 0.4) is 0 Å². The number of ether oxygens (including phenoxy) is 4. The van der Waals surface area contributed by atoms with Crippen LogP contribution in [-0.4, -0.2) is 21.3 Å². The van der Waals surface area contributed by atoms with Crippen LogP contribution >= 0.6 is 16.3 Å². The Balaban J connectivity index is 1.81. The summed E-state index contributed by atoms with van der Waals surface area (Å²) in [6.07, 6.45) is 0. The molecular weight excluding hydrogens is 492 g/mol. The first-order valence-electron chi connectivity index (χ1n) is 9.96. The van der Waals surface area contributed by atoms with Gasteiger partial charge in [0.2, 0.25) is 16.9 Å². The summed E-state index contributed by atoms with van der Waals surface area (Å²) < 4.78 is 33.6. The lowest BCUT2D eigenvalue weighted by Crippen LogP contribution is -2.07. The standard InChI is InChI=1S/C25H21BrO7/c1-28-19-12-10-17-21(27)25(33-26)22(32-23(17)24(19)30-3)16-9-11-18(20(13-16)29-2)31-14-15-7-5-4-6-8-15/h4-13H,14H2,1-3H3. The molecule has 170 valence electrons. The number of halogens is 1. The quantitative estimate of drug-likeness (QED) is 0.297. The van der Waals surface area contributed by atoms with Crippen LogP contribution in [0.25, 0.3) is 22.3 Å². The maximum atomic E-state index is 13.1. The molecule has 3 aromatic carbocycles. The van der Waals surface area contributed by atoms with Crippen LogP contribution in [0, 0.1) is 0 Å².